The van der Waals surface area contributed by atoms with Gasteiger partial charge in [0.25, 0.3) is 5.91 Å². The topological polar surface area (TPSA) is 88.7 Å². The lowest BCUT2D eigenvalue weighted by atomic mass is 10.2. The van der Waals surface area contributed by atoms with Crippen molar-refractivity contribution >= 4 is 28.9 Å². The number of rotatable bonds is 9. The predicted octanol–water partition coefficient (Wildman–Crippen LogP) is 5.08. The van der Waals surface area contributed by atoms with Crippen LogP contribution in [0.3, 0.4) is 0 Å². The average Bonchev–Trinajstić information content (AvgIpc) is 2.82. The van der Waals surface area contributed by atoms with Gasteiger partial charge in [0, 0.05) is 17.3 Å². The molecule has 0 saturated carbocycles. The van der Waals surface area contributed by atoms with E-state index in [2.05, 4.69) is 20.7 Å². The molecule has 3 aromatic rings. The number of carbonyl (C=O) groups excluding carboxylic acids is 2. The number of ether oxygens (including phenoxy) is 2. The maximum absolute atomic E-state index is 13.5. The summed E-state index contributed by atoms with van der Waals surface area (Å²) in [6.07, 6.45) is -4.57. The molecule has 3 rings (SSSR count). The third-order valence-corrected chi connectivity index (χ3v) is 4.56. The molecule has 0 aliphatic rings. The molecule has 0 aliphatic heterocycles. The van der Waals surface area contributed by atoms with Gasteiger partial charge in [-0.25, -0.2) is 4.39 Å². The Kier molecular flexibility index (Phi) is 8.13. The minimum atomic E-state index is -4.57. The smallest absolute Gasteiger partial charge is 0.422 e. The zero-order valence-electron chi connectivity index (χ0n) is 18.4. The van der Waals surface area contributed by atoms with Gasteiger partial charge in [-0.05, 0) is 48.5 Å². The Hall–Kier alpha value is -4.28. The number of halogens is 4. The monoisotopic (exact) mass is 491 g/mol. The summed E-state index contributed by atoms with van der Waals surface area (Å²) >= 11 is 0. The zero-order valence-corrected chi connectivity index (χ0v) is 18.4. The number of hydrogen-bond donors (Lipinski definition) is 3. The quantitative estimate of drug-likeness (QED) is 0.364. The fourth-order valence-electron chi connectivity index (χ4n) is 2.95. The van der Waals surface area contributed by atoms with Gasteiger partial charge in [-0.2, -0.15) is 13.2 Å². The van der Waals surface area contributed by atoms with Crippen LogP contribution in [0.2, 0.25) is 0 Å². The highest BCUT2D eigenvalue weighted by Gasteiger charge is 2.29. The Morgan fingerprint density at radius 3 is 2.29 bits per heavy atom. The first-order chi connectivity index (χ1) is 16.6. The van der Waals surface area contributed by atoms with Crippen LogP contribution < -0.4 is 25.4 Å². The van der Waals surface area contributed by atoms with Gasteiger partial charge in [-0.1, -0.05) is 12.1 Å². The summed E-state index contributed by atoms with van der Waals surface area (Å²) in [4.78, 5) is 24.7. The number of alkyl halides is 3. The van der Waals surface area contributed by atoms with Crippen LogP contribution in [0.1, 0.15) is 10.4 Å². The standard InChI is InChI=1S/C24H21F4N3O4/c1-34-20-5-3-2-4-18(20)31-23(33)15-6-9-17(10-7-15)30-22(32)13-29-19-12-16(25)8-11-21(19)35-14-24(26,27)28/h2-12,29H,13-14H2,1H3,(H,30,32)(H,31,33). The van der Waals surface area contributed by atoms with E-state index < -0.39 is 24.5 Å². The summed E-state index contributed by atoms with van der Waals surface area (Å²) < 4.78 is 60.6. The Bertz CT molecular complexity index is 1180. The molecule has 7 nitrogen and oxygen atoms in total. The molecular weight excluding hydrogens is 470 g/mol. The molecule has 0 atom stereocenters. The first-order valence-electron chi connectivity index (χ1n) is 10.2. The second-order valence-electron chi connectivity index (χ2n) is 7.18. The van der Waals surface area contributed by atoms with E-state index >= 15 is 0 Å². The van der Waals surface area contributed by atoms with Crippen molar-refractivity contribution in [1.29, 1.82) is 0 Å². The first-order valence-corrected chi connectivity index (χ1v) is 10.2. The van der Waals surface area contributed by atoms with Gasteiger partial charge in [0.05, 0.1) is 25.0 Å². The van der Waals surface area contributed by atoms with Crippen molar-refractivity contribution in [2.45, 2.75) is 6.18 Å². The van der Waals surface area contributed by atoms with E-state index in [0.717, 1.165) is 18.2 Å². The van der Waals surface area contributed by atoms with Crippen LogP contribution in [0.5, 0.6) is 11.5 Å². The number of anilines is 3. The molecule has 0 heterocycles. The molecular formula is C24H21F4N3O4. The Morgan fingerprint density at radius 1 is 0.886 bits per heavy atom. The molecule has 0 fully saturated rings. The SMILES string of the molecule is COc1ccccc1NC(=O)c1ccc(NC(=O)CNc2cc(F)ccc2OCC(F)(F)F)cc1. The van der Waals surface area contributed by atoms with Gasteiger partial charge in [0.1, 0.15) is 17.3 Å². The van der Waals surface area contributed by atoms with Crippen LogP contribution in [-0.2, 0) is 4.79 Å². The summed E-state index contributed by atoms with van der Waals surface area (Å²) in [6.45, 7) is -1.93. The van der Waals surface area contributed by atoms with E-state index in [1.54, 1.807) is 24.3 Å². The Morgan fingerprint density at radius 2 is 1.60 bits per heavy atom. The maximum atomic E-state index is 13.5. The van der Waals surface area contributed by atoms with E-state index in [9.17, 15) is 27.2 Å². The highest BCUT2D eigenvalue weighted by Crippen LogP contribution is 2.27. The highest BCUT2D eigenvalue weighted by molar-refractivity contribution is 6.05. The molecule has 3 N–H and O–H groups in total. The van der Waals surface area contributed by atoms with Crippen LogP contribution in [-0.4, -0.2) is 38.3 Å². The summed E-state index contributed by atoms with van der Waals surface area (Å²) in [5.74, 6) is -1.40. The molecule has 0 bridgehead atoms. The number of carbonyl (C=O) groups is 2. The third-order valence-electron chi connectivity index (χ3n) is 4.56. The van der Waals surface area contributed by atoms with Crippen LogP contribution in [0.15, 0.2) is 66.7 Å². The lowest BCUT2D eigenvalue weighted by Crippen LogP contribution is -2.23. The fourth-order valence-corrected chi connectivity index (χ4v) is 2.95. The molecule has 184 valence electrons. The van der Waals surface area contributed by atoms with Crippen LogP contribution in [0.4, 0.5) is 34.6 Å². The van der Waals surface area contributed by atoms with Crippen LogP contribution in [0, 0.1) is 5.82 Å². The lowest BCUT2D eigenvalue weighted by Gasteiger charge is -2.15. The number of hydrogen-bond acceptors (Lipinski definition) is 5. The molecule has 3 aromatic carbocycles. The number of amides is 2. The predicted molar refractivity (Wildman–Crippen MR) is 122 cm³/mol. The van der Waals surface area contributed by atoms with Crippen molar-refractivity contribution in [3.63, 3.8) is 0 Å². The van der Waals surface area contributed by atoms with Crippen LogP contribution in [0.25, 0.3) is 0 Å². The summed E-state index contributed by atoms with van der Waals surface area (Å²) in [7, 11) is 1.49. The summed E-state index contributed by atoms with van der Waals surface area (Å²) in [6, 6.07) is 15.9. The van der Waals surface area contributed by atoms with Crippen molar-refractivity contribution in [3.05, 3.63) is 78.1 Å². The minimum Gasteiger partial charge on any atom is -0.495 e. The second-order valence-corrected chi connectivity index (χ2v) is 7.18. The van der Waals surface area contributed by atoms with Gasteiger partial charge in [0.2, 0.25) is 5.91 Å². The molecule has 2 amide bonds. The van der Waals surface area contributed by atoms with Crippen molar-refractivity contribution in [3.8, 4) is 11.5 Å². The van der Waals surface area contributed by atoms with Gasteiger partial charge < -0.3 is 25.4 Å². The maximum Gasteiger partial charge on any atom is 0.422 e. The molecule has 11 heteroatoms. The van der Waals surface area contributed by atoms with Crippen molar-refractivity contribution in [2.75, 3.05) is 36.2 Å². The van der Waals surface area contributed by atoms with Crippen molar-refractivity contribution < 1.29 is 36.6 Å². The molecule has 0 aromatic heterocycles. The fraction of sp³-hybridized carbons (Fsp3) is 0.167. The number of para-hydroxylation sites is 2. The van der Waals surface area contributed by atoms with Crippen LogP contribution >= 0.6 is 0 Å². The molecule has 0 spiro atoms. The third kappa shape index (κ3) is 7.63. The number of methoxy groups -OCH3 is 1. The minimum absolute atomic E-state index is 0.104. The number of benzene rings is 3. The van der Waals surface area contributed by atoms with Gasteiger partial charge >= 0.3 is 6.18 Å². The van der Waals surface area contributed by atoms with E-state index in [1.165, 1.54) is 31.4 Å². The molecule has 0 radical (unpaired) electrons. The second kappa shape index (κ2) is 11.2. The zero-order chi connectivity index (χ0) is 25.4. The first kappa shape index (κ1) is 25.3. The van der Waals surface area contributed by atoms with Crippen molar-refractivity contribution in [1.82, 2.24) is 0 Å². The lowest BCUT2D eigenvalue weighted by molar-refractivity contribution is -0.153. The van der Waals surface area contributed by atoms with Gasteiger partial charge in [-0.3, -0.25) is 9.59 Å². The van der Waals surface area contributed by atoms with E-state index in [1.807, 2.05) is 0 Å². The molecule has 0 aliphatic carbocycles. The molecule has 35 heavy (non-hydrogen) atoms. The van der Waals surface area contributed by atoms with E-state index in [4.69, 9.17) is 4.74 Å². The van der Waals surface area contributed by atoms with E-state index in [-0.39, 0.29) is 23.9 Å². The Labute approximate surface area is 198 Å². The van der Waals surface area contributed by atoms with E-state index in [0.29, 0.717) is 22.7 Å². The van der Waals surface area contributed by atoms with Gasteiger partial charge in [-0.15, -0.1) is 0 Å². The van der Waals surface area contributed by atoms with Crippen molar-refractivity contribution in [2.24, 2.45) is 0 Å². The highest BCUT2D eigenvalue weighted by atomic mass is 19.4. The average molecular weight is 491 g/mol. The summed E-state index contributed by atoms with van der Waals surface area (Å²) in [5.41, 5.74) is 1.10. The Balaban J connectivity index is 1.56. The normalized spacial score (nSPS) is 10.9. The largest absolute Gasteiger partial charge is 0.495 e. The van der Waals surface area contributed by atoms with Gasteiger partial charge in [0.15, 0.2) is 6.61 Å². The molecule has 0 saturated heterocycles. The molecule has 0 unspecified atom stereocenters. The number of nitrogens with one attached hydrogen (secondary N) is 3. The summed E-state index contributed by atoms with van der Waals surface area (Å²) in [5, 5.41) is 7.86.